The minimum absolute atomic E-state index is 0.0528. The summed E-state index contributed by atoms with van der Waals surface area (Å²) < 4.78 is 13.0. The van der Waals surface area contributed by atoms with Crippen LogP contribution in [0, 0.1) is 11.7 Å². The van der Waals surface area contributed by atoms with E-state index in [0.717, 1.165) is 31.2 Å². The van der Waals surface area contributed by atoms with Crippen molar-refractivity contribution in [1.82, 2.24) is 10.6 Å². The quantitative estimate of drug-likeness (QED) is 0.800. The van der Waals surface area contributed by atoms with Gasteiger partial charge in [-0.25, -0.2) is 9.18 Å². The van der Waals surface area contributed by atoms with Gasteiger partial charge in [0.15, 0.2) is 0 Å². The van der Waals surface area contributed by atoms with Gasteiger partial charge in [0.05, 0.1) is 5.02 Å². The first-order chi connectivity index (χ1) is 10.1. The third-order valence-corrected chi connectivity index (χ3v) is 4.17. The van der Waals surface area contributed by atoms with Crippen LogP contribution in [0.5, 0.6) is 0 Å². The Bertz CT molecular complexity index is 491. The molecular formula is C15H20ClFN2O2. The van der Waals surface area contributed by atoms with Crippen LogP contribution in [0.25, 0.3) is 0 Å². The third kappa shape index (κ3) is 4.86. The van der Waals surface area contributed by atoms with Crippen LogP contribution in [0.3, 0.4) is 0 Å². The zero-order valence-electron chi connectivity index (χ0n) is 11.7. The number of carbonyl (C=O) groups excluding carboxylic acids is 1. The summed E-state index contributed by atoms with van der Waals surface area (Å²) in [4.78, 5) is 11.8. The number of aliphatic hydroxyl groups excluding tert-OH is 1. The molecule has 0 radical (unpaired) electrons. The van der Waals surface area contributed by atoms with E-state index in [9.17, 15) is 9.18 Å². The van der Waals surface area contributed by atoms with Gasteiger partial charge in [0.25, 0.3) is 0 Å². The molecule has 0 unspecified atom stereocenters. The van der Waals surface area contributed by atoms with Crippen molar-refractivity contribution in [2.24, 2.45) is 5.92 Å². The van der Waals surface area contributed by atoms with Gasteiger partial charge in [-0.15, -0.1) is 0 Å². The molecule has 0 spiro atoms. The predicted octanol–water partition coefficient (Wildman–Crippen LogP) is 2.83. The minimum Gasteiger partial charge on any atom is -0.396 e. The number of urea groups is 1. The maximum Gasteiger partial charge on any atom is 0.315 e. The van der Waals surface area contributed by atoms with Gasteiger partial charge < -0.3 is 15.7 Å². The maximum absolute atomic E-state index is 13.0. The number of aliphatic hydroxyl groups is 1. The van der Waals surface area contributed by atoms with Crippen molar-refractivity contribution in [2.75, 3.05) is 6.61 Å². The Labute approximate surface area is 128 Å². The number of halogens is 2. The Morgan fingerprint density at radius 2 is 2.05 bits per heavy atom. The predicted molar refractivity (Wildman–Crippen MR) is 79.6 cm³/mol. The van der Waals surface area contributed by atoms with Gasteiger partial charge in [0, 0.05) is 19.2 Å². The van der Waals surface area contributed by atoms with Crippen LogP contribution in [0.2, 0.25) is 5.02 Å². The van der Waals surface area contributed by atoms with Crippen molar-refractivity contribution in [3.63, 3.8) is 0 Å². The molecule has 1 aliphatic rings. The van der Waals surface area contributed by atoms with Gasteiger partial charge in [0.2, 0.25) is 0 Å². The zero-order chi connectivity index (χ0) is 15.2. The lowest BCUT2D eigenvalue weighted by Crippen LogP contribution is -2.43. The van der Waals surface area contributed by atoms with Crippen molar-refractivity contribution in [2.45, 2.75) is 38.3 Å². The summed E-state index contributed by atoms with van der Waals surface area (Å²) in [6, 6.07) is 4.30. The second-order valence-electron chi connectivity index (χ2n) is 5.48. The second-order valence-corrected chi connectivity index (χ2v) is 5.88. The SMILES string of the molecule is O=C(NCc1ccc(F)c(Cl)c1)NC1CCC(CO)CC1. The molecule has 21 heavy (non-hydrogen) atoms. The molecular weight excluding hydrogens is 295 g/mol. The highest BCUT2D eigenvalue weighted by atomic mass is 35.5. The normalized spacial score (nSPS) is 21.9. The summed E-state index contributed by atoms with van der Waals surface area (Å²) in [5.41, 5.74) is 0.750. The van der Waals surface area contributed by atoms with Crippen LogP contribution >= 0.6 is 11.6 Å². The largest absolute Gasteiger partial charge is 0.396 e. The van der Waals surface area contributed by atoms with Crippen molar-refractivity contribution in [1.29, 1.82) is 0 Å². The molecule has 0 saturated heterocycles. The van der Waals surface area contributed by atoms with E-state index in [1.807, 2.05) is 0 Å². The van der Waals surface area contributed by atoms with E-state index in [0.29, 0.717) is 12.5 Å². The summed E-state index contributed by atoms with van der Waals surface area (Å²) >= 11 is 5.69. The molecule has 0 aliphatic heterocycles. The summed E-state index contributed by atoms with van der Waals surface area (Å²) in [5.74, 6) is -0.0991. The van der Waals surface area contributed by atoms with Crippen molar-refractivity contribution in [3.05, 3.63) is 34.6 Å². The van der Waals surface area contributed by atoms with Crippen LogP contribution in [-0.2, 0) is 6.54 Å². The lowest BCUT2D eigenvalue weighted by molar-refractivity contribution is 0.174. The Balaban J connectivity index is 1.73. The summed E-state index contributed by atoms with van der Waals surface area (Å²) in [6.07, 6.45) is 3.66. The number of hydrogen-bond acceptors (Lipinski definition) is 2. The fourth-order valence-electron chi connectivity index (χ4n) is 2.56. The molecule has 0 aromatic heterocycles. The topological polar surface area (TPSA) is 61.4 Å². The number of nitrogens with one attached hydrogen (secondary N) is 2. The molecule has 2 rings (SSSR count). The first-order valence-corrected chi connectivity index (χ1v) is 7.55. The summed E-state index contributed by atoms with van der Waals surface area (Å²) in [7, 11) is 0. The molecule has 1 fully saturated rings. The van der Waals surface area contributed by atoms with Crippen molar-refractivity contribution < 1.29 is 14.3 Å². The number of rotatable bonds is 4. The third-order valence-electron chi connectivity index (χ3n) is 3.88. The van der Waals surface area contributed by atoms with Crippen LogP contribution in [0.15, 0.2) is 18.2 Å². The average Bonchev–Trinajstić information content (AvgIpc) is 2.49. The molecule has 1 aromatic carbocycles. The highest BCUT2D eigenvalue weighted by molar-refractivity contribution is 6.30. The van der Waals surface area contributed by atoms with Crippen molar-refractivity contribution in [3.8, 4) is 0 Å². The Hall–Kier alpha value is -1.33. The average molecular weight is 315 g/mol. The Morgan fingerprint density at radius 3 is 2.67 bits per heavy atom. The van der Waals surface area contributed by atoms with E-state index < -0.39 is 5.82 Å². The van der Waals surface area contributed by atoms with E-state index in [4.69, 9.17) is 16.7 Å². The van der Waals surface area contributed by atoms with E-state index >= 15 is 0 Å². The van der Waals surface area contributed by atoms with Crippen LogP contribution in [-0.4, -0.2) is 23.8 Å². The number of benzene rings is 1. The van der Waals surface area contributed by atoms with E-state index in [1.54, 1.807) is 6.07 Å². The molecule has 0 heterocycles. The maximum atomic E-state index is 13.0. The lowest BCUT2D eigenvalue weighted by atomic mass is 9.87. The Kier molecular flexibility index (Phi) is 5.82. The molecule has 1 aromatic rings. The molecule has 3 N–H and O–H groups in total. The molecule has 0 atom stereocenters. The molecule has 6 heteroatoms. The molecule has 4 nitrogen and oxygen atoms in total. The highest BCUT2D eigenvalue weighted by Gasteiger charge is 2.21. The van der Waals surface area contributed by atoms with E-state index in [-0.39, 0.29) is 23.7 Å². The van der Waals surface area contributed by atoms with Gasteiger partial charge in [0.1, 0.15) is 5.82 Å². The van der Waals surface area contributed by atoms with E-state index in [1.165, 1.54) is 12.1 Å². The summed E-state index contributed by atoms with van der Waals surface area (Å²) in [5, 5.41) is 14.8. The fourth-order valence-corrected chi connectivity index (χ4v) is 2.76. The van der Waals surface area contributed by atoms with Crippen LogP contribution in [0.1, 0.15) is 31.2 Å². The van der Waals surface area contributed by atoms with Gasteiger partial charge in [-0.05, 0) is 49.3 Å². The van der Waals surface area contributed by atoms with Gasteiger partial charge >= 0.3 is 6.03 Å². The van der Waals surface area contributed by atoms with Crippen molar-refractivity contribution >= 4 is 17.6 Å². The number of hydrogen-bond donors (Lipinski definition) is 3. The smallest absolute Gasteiger partial charge is 0.315 e. The lowest BCUT2D eigenvalue weighted by Gasteiger charge is -2.27. The molecule has 1 saturated carbocycles. The molecule has 2 amide bonds. The number of amides is 2. The number of carbonyl (C=O) groups is 1. The van der Waals surface area contributed by atoms with Gasteiger partial charge in [-0.2, -0.15) is 0 Å². The van der Waals surface area contributed by atoms with Crippen LogP contribution < -0.4 is 10.6 Å². The fraction of sp³-hybridized carbons (Fsp3) is 0.533. The molecule has 116 valence electrons. The first kappa shape index (κ1) is 16.0. The molecule has 0 bridgehead atoms. The Morgan fingerprint density at radius 1 is 1.33 bits per heavy atom. The monoisotopic (exact) mass is 314 g/mol. The standard InChI is InChI=1S/C15H20ClFN2O2/c16-13-7-11(3-6-14(13)17)8-18-15(21)19-12-4-1-10(9-20)2-5-12/h3,6-7,10,12,20H,1-2,4-5,8-9H2,(H2,18,19,21). The molecule has 1 aliphatic carbocycles. The minimum atomic E-state index is -0.467. The highest BCUT2D eigenvalue weighted by Crippen LogP contribution is 2.23. The van der Waals surface area contributed by atoms with Crippen LogP contribution in [0.4, 0.5) is 9.18 Å². The zero-order valence-corrected chi connectivity index (χ0v) is 12.5. The summed E-state index contributed by atoms with van der Waals surface area (Å²) in [6.45, 7) is 0.530. The van der Waals surface area contributed by atoms with E-state index in [2.05, 4.69) is 10.6 Å². The second kappa shape index (κ2) is 7.61. The van der Waals surface area contributed by atoms with Gasteiger partial charge in [-0.3, -0.25) is 0 Å². The first-order valence-electron chi connectivity index (χ1n) is 7.17. The van der Waals surface area contributed by atoms with Gasteiger partial charge in [-0.1, -0.05) is 17.7 Å².